The van der Waals surface area contributed by atoms with Gasteiger partial charge in [0.15, 0.2) is 0 Å². The van der Waals surface area contributed by atoms with Gasteiger partial charge in [0.05, 0.1) is 0 Å². The van der Waals surface area contributed by atoms with E-state index in [1.54, 1.807) is 4.57 Å². The number of hydrogen-bond acceptors (Lipinski definition) is 0. The Morgan fingerprint density at radius 2 is 1.50 bits per heavy atom. The van der Waals surface area contributed by atoms with E-state index in [0.717, 1.165) is 0 Å². The summed E-state index contributed by atoms with van der Waals surface area (Å²) >= 11 is 0. The number of hydrogen-bond donors (Lipinski definition) is 0. The van der Waals surface area contributed by atoms with Crippen LogP contribution in [0.4, 0.5) is 0 Å². The fourth-order valence-electron chi connectivity index (χ4n) is 0.335. The van der Waals surface area contributed by atoms with E-state index >= 15 is 0 Å². The molecule has 0 N–H and O–H groups in total. The Morgan fingerprint density at radius 3 is 1.62 bits per heavy atom. The Bertz CT molecular complexity index is 114. The molecule has 1 aromatic heterocycles. The molecule has 1 rings (SSSR count). The monoisotopic (exact) mass is 257 g/mol. The fourth-order valence-corrected chi connectivity index (χ4v) is 0.335. The van der Waals surface area contributed by atoms with E-state index in [-0.39, 0.29) is 65.4 Å². The van der Waals surface area contributed by atoms with Crippen molar-refractivity contribution in [3.63, 3.8) is 0 Å². The van der Waals surface area contributed by atoms with Gasteiger partial charge in [-0.15, -0.1) is 0 Å². The molecule has 0 atom stereocenters. The smallest absolute Gasteiger partial charge is 0 e. The molecule has 38 valence electrons. The van der Waals surface area contributed by atoms with Crippen LogP contribution in [-0.2, 0) is 72.5 Å². The molecule has 8 heavy (non-hydrogen) atoms. The van der Waals surface area contributed by atoms with Crippen molar-refractivity contribution in [3.05, 3.63) is 24.5 Å². The average Bonchev–Trinajstić information content (AvgIpc) is 1.86. The van der Waals surface area contributed by atoms with Gasteiger partial charge >= 0.3 is 0 Å². The van der Waals surface area contributed by atoms with Gasteiger partial charge in [0, 0.05) is 65.4 Å². The second kappa shape index (κ2) is 6.61. The molecule has 0 aromatic carbocycles. The van der Waals surface area contributed by atoms with Gasteiger partial charge < -0.3 is 22.9 Å². The molecule has 3 heteroatoms. The maximum atomic E-state index is 2.86. The Labute approximate surface area is 100.0 Å². The molecule has 2 radical (unpaired) electrons. The minimum absolute atomic E-state index is 0. The molecule has 0 spiro atoms. The molecule has 0 saturated carbocycles. The van der Waals surface area contributed by atoms with Gasteiger partial charge in [-0.05, 0) is 7.05 Å². The van der Waals surface area contributed by atoms with E-state index in [1.165, 1.54) is 0 Å². The molecule has 0 aliphatic carbocycles. The van der Waals surface area contributed by atoms with Crippen molar-refractivity contribution in [1.29, 1.82) is 0 Å². The van der Waals surface area contributed by atoms with E-state index in [9.17, 15) is 0 Å². The maximum absolute atomic E-state index is 2.86. The maximum Gasteiger partial charge on any atom is 0 e. The Morgan fingerprint density at radius 1 is 1.12 bits per heavy atom. The summed E-state index contributed by atoms with van der Waals surface area (Å²) in [6.45, 7) is 0. The molecule has 0 aliphatic rings. The summed E-state index contributed by atoms with van der Waals surface area (Å²) in [7, 11) is 1.89. The van der Waals surface area contributed by atoms with Crippen molar-refractivity contribution < 1.29 is 65.4 Å². The Balaban J connectivity index is 0. The molecule has 0 unspecified atom stereocenters. The minimum Gasteiger partial charge on any atom is -0.611 e. The van der Waals surface area contributed by atoms with Crippen LogP contribution in [0.3, 0.4) is 0 Å². The second-order valence-electron chi connectivity index (χ2n) is 1.15. The molecule has 1 aromatic rings. The number of rotatable bonds is 0. The summed E-state index contributed by atoms with van der Waals surface area (Å²) in [5, 5.41) is 0. The molecule has 1 nitrogen and oxygen atoms in total. The Hall–Kier alpha value is 1.49. The van der Waals surface area contributed by atoms with Gasteiger partial charge in [0.1, 0.15) is 0 Å². The van der Waals surface area contributed by atoms with Crippen LogP contribution in [0, 0.1) is 12.4 Å². The van der Waals surface area contributed by atoms with Gasteiger partial charge in [0.25, 0.3) is 0 Å². The molecule has 1 heterocycles. The average molecular weight is 257 g/mol. The normalized spacial score (nSPS) is 6.62. The first-order valence-electron chi connectivity index (χ1n) is 1.81. The van der Waals surface area contributed by atoms with Crippen molar-refractivity contribution in [2.45, 2.75) is 0 Å². The first-order chi connectivity index (χ1) is 2.89. The molecular weight excluding hydrogens is 252 g/mol. The van der Waals surface area contributed by atoms with E-state index in [1.807, 2.05) is 19.2 Å². The summed E-state index contributed by atoms with van der Waals surface area (Å²) < 4.78 is 1.75. The van der Waals surface area contributed by atoms with Crippen molar-refractivity contribution in [1.82, 2.24) is 4.57 Å². The zero-order valence-corrected chi connectivity index (χ0v) is 10.4. The first kappa shape index (κ1) is 12.2. The fraction of sp³-hybridized carbons (Fsp3) is 0.200. The molecule has 0 saturated heterocycles. The molecule has 0 amide bonds. The van der Waals surface area contributed by atoms with Crippen molar-refractivity contribution in [3.8, 4) is 0 Å². The third-order valence-corrected chi connectivity index (χ3v) is 0.620. The van der Waals surface area contributed by atoms with Crippen LogP contribution in [0.15, 0.2) is 12.1 Å². The first-order valence-corrected chi connectivity index (χ1v) is 1.81. The minimum atomic E-state index is 0. The number of nitrogens with zero attached hydrogens (tertiary/aromatic N) is 1. The summed E-state index contributed by atoms with van der Waals surface area (Å²) in [6.07, 6.45) is 5.72. The van der Waals surface area contributed by atoms with Crippen LogP contribution in [0.25, 0.3) is 0 Å². The zero-order valence-electron chi connectivity index (χ0n) is 4.76. The summed E-state index contributed by atoms with van der Waals surface area (Å²) in [5.74, 6) is 0. The molecular formula is C5H5NY2-2. The van der Waals surface area contributed by atoms with E-state index in [2.05, 4.69) is 12.4 Å². The quantitative estimate of drug-likeness (QED) is 0.600. The topological polar surface area (TPSA) is 4.93 Å². The zero-order chi connectivity index (χ0) is 4.41. The Kier molecular flexibility index (Phi) is 10.1. The van der Waals surface area contributed by atoms with Gasteiger partial charge in [-0.25, -0.2) is 0 Å². The van der Waals surface area contributed by atoms with Gasteiger partial charge in [-0.2, -0.15) is 0 Å². The van der Waals surface area contributed by atoms with Crippen LogP contribution in [0.2, 0.25) is 0 Å². The predicted octanol–water partition coefficient (Wildman–Crippen LogP) is 0.620. The summed E-state index contributed by atoms with van der Waals surface area (Å²) in [6, 6.07) is 3.64. The van der Waals surface area contributed by atoms with E-state index in [0.29, 0.717) is 0 Å². The van der Waals surface area contributed by atoms with Gasteiger partial charge in [0.2, 0.25) is 0 Å². The van der Waals surface area contributed by atoms with Crippen molar-refractivity contribution in [2.24, 2.45) is 7.05 Å². The number of aromatic nitrogens is 1. The van der Waals surface area contributed by atoms with Crippen LogP contribution in [0.1, 0.15) is 0 Å². The standard InChI is InChI=1S/C5H5N.2Y/c1-6-4-2-3-5-6;;/h2-3H,1H3;;/q-2;;. The van der Waals surface area contributed by atoms with Crippen LogP contribution >= 0.6 is 0 Å². The van der Waals surface area contributed by atoms with Crippen LogP contribution in [-0.4, -0.2) is 4.57 Å². The largest absolute Gasteiger partial charge is 0.611 e. The SMILES string of the molecule is Cn1[c-]cc[c-]1.[Y].[Y]. The molecule has 0 fully saturated rings. The van der Waals surface area contributed by atoms with Gasteiger partial charge in [-0.1, -0.05) is 0 Å². The van der Waals surface area contributed by atoms with Gasteiger partial charge in [-0.3, -0.25) is 6.20 Å². The third kappa shape index (κ3) is 4.37. The summed E-state index contributed by atoms with van der Waals surface area (Å²) in [4.78, 5) is 0. The molecule has 0 aliphatic heterocycles. The second-order valence-corrected chi connectivity index (χ2v) is 1.15. The third-order valence-electron chi connectivity index (χ3n) is 0.620. The van der Waals surface area contributed by atoms with Crippen molar-refractivity contribution in [2.75, 3.05) is 0 Å². The molecule has 0 bridgehead atoms. The number of aryl methyl sites for hydroxylation is 1. The van der Waals surface area contributed by atoms with Crippen molar-refractivity contribution >= 4 is 0 Å². The van der Waals surface area contributed by atoms with Crippen LogP contribution < -0.4 is 0 Å². The predicted molar refractivity (Wildman–Crippen MR) is 23.1 cm³/mol. The summed E-state index contributed by atoms with van der Waals surface area (Å²) in [5.41, 5.74) is 0. The van der Waals surface area contributed by atoms with E-state index < -0.39 is 0 Å². The van der Waals surface area contributed by atoms with Crippen LogP contribution in [0.5, 0.6) is 0 Å². The van der Waals surface area contributed by atoms with E-state index in [4.69, 9.17) is 0 Å².